The molecule has 4 rings (SSSR count). The van der Waals surface area contributed by atoms with Crippen LogP contribution in [0, 0.1) is 24.7 Å². The first-order valence-corrected chi connectivity index (χ1v) is 12.7. The van der Waals surface area contributed by atoms with Crippen LogP contribution in [0.3, 0.4) is 0 Å². The molecule has 3 nitrogen and oxygen atoms in total. The summed E-state index contributed by atoms with van der Waals surface area (Å²) in [4.78, 5) is 2.63. The molecule has 3 aliphatic rings. The monoisotopic (exact) mass is 422 g/mol. The Bertz CT molecular complexity index is 749. The molecule has 4 atom stereocenters. The Morgan fingerprint density at radius 2 is 2.06 bits per heavy atom. The van der Waals surface area contributed by atoms with Gasteiger partial charge in [-0.3, -0.25) is 0 Å². The van der Waals surface area contributed by atoms with Crippen LogP contribution in [0.4, 0.5) is 0 Å². The topological polar surface area (TPSA) is 35.5 Å². The molecular weight excluding hydrogens is 380 g/mol. The second kappa shape index (κ2) is 11.4. The Labute approximate surface area is 189 Å². The van der Waals surface area contributed by atoms with E-state index in [-0.39, 0.29) is 6.10 Å². The van der Waals surface area contributed by atoms with Crippen molar-refractivity contribution < 1.29 is 5.11 Å². The minimum Gasteiger partial charge on any atom is -0.392 e. The molecular formula is C28H42N2O. The normalized spacial score (nSPS) is 28.9. The lowest BCUT2D eigenvalue weighted by atomic mass is 9.89. The Kier molecular flexibility index (Phi) is 8.40. The molecule has 0 bridgehead atoms. The molecule has 0 radical (unpaired) electrons. The van der Waals surface area contributed by atoms with E-state index in [4.69, 9.17) is 0 Å². The van der Waals surface area contributed by atoms with Crippen molar-refractivity contribution in [1.82, 2.24) is 10.2 Å². The van der Waals surface area contributed by atoms with Gasteiger partial charge in [0, 0.05) is 12.5 Å². The molecule has 2 aliphatic carbocycles. The van der Waals surface area contributed by atoms with E-state index in [9.17, 15) is 5.11 Å². The highest BCUT2D eigenvalue weighted by molar-refractivity contribution is 5.23. The summed E-state index contributed by atoms with van der Waals surface area (Å²) < 4.78 is 0. The second-order valence-corrected chi connectivity index (χ2v) is 10.1. The van der Waals surface area contributed by atoms with Crippen LogP contribution in [0.5, 0.6) is 0 Å². The smallest absolute Gasteiger partial charge is 0.0611 e. The fraction of sp³-hybridized carbons (Fsp3) is 0.643. The van der Waals surface area contributed by atoms with Crippen LogP contribution in [0.2, 0.25) is 0 Å². The molecule has 1 heterocycles. The Hall–Kier alpha value is -1.42. The minimum absolute atomic E-state index is 0.166. The van der Waals surface area contributed by atoms with Gasteiger partial charge < -0.3 is 15.3 Å². The van der Waals surface area contributed by atoms with E-state index in [2.05, 4.69) is 59.6 Å². The Morgan fingerprint density at radius 1 is 1.19 bits per heavy atom. The van der Waals surface area contributed by atoms with Gasteiger partial charge in [-0.15, -0.1) is 0 Å². The third-order valence-electron chi connectivity index (χ3n) is 7.62. The SMILES string of the molecule is Cc1cccc(CC/C=C/[C@@H]2[C@H]3CC(CNCCCN4CCCCC4)=C[C@H]3C[C@H]2O)c1. The van der Waals surface area contributed by atoms with Crippen molar-refractivity contribution in [2.75, 3.05) is 32.7 Å². The number of hydrogen-bond donors (Lipinski definition) is 2. The number of aliphatic hydroxyl groups is 1. The van der Waals surface area contributed by atoms with Crippen molar-refractivity contribution in [3.8, 4) is 0 Å². The number of benzene rings is 1. The van der Waals surface area contributed by atoms with Gasteiger partial charge in [0.05, 0.1) is 6.10 Å². The minimum atomic E-state index is -0.166. The lowest BCUT2D eigenvalue weighted by Gasteiger charge is -2.26. The van der Waals surface area contributed by atoms with Gasteiger partial charge in [0.1, 0.15) is 0 Å². The van der Waals surface area contributed by atoms with Crippen LogP contribution in [-0.2, 0) is 6.42 Å². The van der Waals surface area contributed by atoms with Gasteiger partial charge >= 0.3 is 0 Å². The average molecular weight is 423 g/mol. The third kappa shape index (κ3) is 6.54. The number of nitrogens with one attached hydrogen (secondary N) is 1. The Morgan fingerprint density at radius 3 is 2.90 bits per heavy atom. The molecule has 0 unspecified atom stereocenters. The summed E-state index contributed by atoms with van der Waals surface area (Å²) >= 11 is 0. The van der Waals surface area contributed by atoms with Gasteiger partial charge in [0.2, 0.25) is 0 Å². The van der Waals surface area contributed by atoms with Gasteiger partial charge in [-0.2, -0.15) is 0 Å². The van der Waals surface area contributed by atoms with Gasteiger partial charge in [-0.25, -0.2) is 0 Å². The fourth-order valence-electron chi connectivity index (χ4n) is 5.97. The molecule has 1 aromatic rings. The van der Waals surface area contributed by atoms with Crippen LogP contribution < -0.4 is 5.32 Å². The summed E-state index contributed by atoms with van der Waals surface area (Å²) in [5, 5.41) is 14.3. The highest BCUT2D eigenvalue weighted by Gasteiger charge is 2.43. The van der Waals surface area contributed by atoms with Crippen molar-refractivity contribution in [2.24, 2.45) is 17.8 Å². The van der Waals surface area contributed by atoms with Crippen LogP contribution in [0.15, 0.2) is 48.1 Å². The molecule has 0 amide bonds. The first-order valence-electron chi connectivity index (χ1n) is 12.7. The second-order valence-electron chi connectivity index (χ2n) is 10.1. The molecule has 1 saturated heterocycles. The van der Waals surface area contributed by atoms with Crippen LogP contribution in [0.1, 0.15) is 56.1 Å². The summed E-state index contributed by atoms with van der Waals surface area (Å²) in [5.74, 6) is 1.51. The van der Waals surface area contributed by atoms with Gasteiger partial charge in [-0.05, 0) is 95.4 Å². The highest BCUT2D eigenvalue weighted by Crippen LogP contribution is 2.47. The molecule has 3 heteroatoms. The average Bonchev–Trinajstić information content (AvgIpc) is 3.28. The zero-order chi connectivity index (χ0) is 21.5. The molecule has 170 valence electrons. The zero-order valence-corrected chi connectivity index (χ0v) is 19.4. The maximum Gasteiger partial charge on any atom is 0.0611 e. The summed E-state index contributed by atoms with van der Waals surface area (Å²) in [5.41, 5.74) is 4.31. The fourth-order valence-corrected chi connectivity index (χ4v) is 5.97. The zero-order valence-electron chi connectivity index (χ0n) is 19.4. The molecule has 1 aromatic carbocycles. The van der Waals surface area contributed by atoms with Gasteiger partial charge in [-0.1, -0.05) is 60.1 Å². The number of fused-ring (bicyclic) bond motifs is 1. The van der Waals surface area contributed by atoms with Gasteiger partial charge in [0.15, 0.2) is 0 Å². The highest BCUT2D eigenvalue weighted by atomic mass is 16.3. The van der Waals surface area contributed by atoms with Crippen molar-refractivity contribution >= 4 is 0 Å². The van der Waals surface area contributed by atoms with Crippen molar-refractivity contribution in [3.05, 3.63) is 59.2 Å². The largest absolute Gasteiger partial charge is 0.392 e. The number of allylic oxidation sites excluding steroid dienone is 2. The van der Waals surface area contributed by atoms with Gasteiger partial charge in [0.25, 0.3) is 0 Å². The molecule has 0 aromatic heterocycles. The first kappa shape index (κ1) is 22.8. The summed E-state index contributed by atoms with van der Waals surface area (Å²) in [6.07, 6.45) is 16.6. The van der Waals surface area contributed by atoms with E-state index < -0.39 is 0 Å². The molecule has 2 N–H and O–H groups in total. The van der Waals surface area contributed by atoms with Crippen molar-refractivity contribution in [3.63, 3.8) is 0 Å². The molecule has 0 spiro atoms. The predicted molar refractivity (Wildman–Crippen MR) is 130 cm³/mol. The third-order valence-corrected chi connectivity index (χ3v) is 7.62. The summed E-state index contributed by atoms with van der Waals surface area (Å²) in [6, 6.07) is 8.80. The maximum atomic E-state index is 10.6. The number of aliphatic hydroxyl groups excluding tert-OH is 1. The van der Waals surface area contributed by atoms with Crippen molar-refractivity contribution in [1.29, 1.82) is 0 Å². The number of hydrogen-bond acceptors (Lipinski definition) is 3. The number of piperidine rings is 1. The predicted octanol–water partition coefficient (Wildman–Crippen LogP) is 4.89. The van der Waals surface area contributed by atoms with E-state index >= 15 is 0 Å². The van der Waals surface area contributed by atoms with E-state index in [1.807, 2.05) is 0 Å². The number of nitrogens with zero attached hydrogens (tertiary/aromatic N) is 1. The summed E-state index contributed by atoms with van der Waals surface area (Å²) in [7, 11) is 0. The Balaban J connectivity index is 1.16. The quantitative estimate of drug-likeness (QED) is 0.416. The lowest BCUT2D eigenvalue weighted by Crippen LogP contribution is -2.32. The molecule has 1 saturated carbocycles. The van der Waals surface area contributed by atoms with Crippen LogP contribution in [-0.4, -0.2) is 48.8 Å². The van der Waals surface area contributed by atoms with E-state index in [1.54, 1.807) is 5.57 Å². The van der Waals surface area contributed by atoms with Crippen molar-refractivity contribution in [2.45, 2.75) is 64.4 Å². The first-order chi connectivity index (χ1) is 15.2. The molecule has 1 aliphatic heterocycles. The number of rotatable bonds is 10. The summed E-state index contributed by atoms with van der Waals surface area (Å²) in [6.45, 7) is 8.16. The standard InChI is InChI=1S/C28H42N2O/c1-22-9-7-11-23(17-22)10-3-4-12-26-27-19-24(18-25(27)20-28(26)31)21-29-13-8-16-30-14-5-2-6-15-30/h4,7,9,11-12,17-18,25-29,31H,2-3,5-6,8,10,13-16,19-21H2,1H3/b12-4+/t25-,26+,27-,28+/m0/s1. The maximum absolute atomic E-state index is 10.6. The number of likely N-dealkylation sites (tertiary alicyclic amines) is 1. The molecule has 2 fully saturated rings. The molecule has 31 heavy (non-hydrogen) atoms. The van der Waals surface area contributed by atoms with E-state index in [0.29, 0.717) is 17.8 Å². The lowest BCUT2D eigenvalue weighted by molar-refractivity contribution is 0.141. The van der Waals surface area contributed by atoms with E-state index in [1.165, 1.54) is 56.4 Å². The van der Waals surface area contributed by atoms with Crippen LogP contribution >= 0.6 is 0 Å². The van der Waals surface area contributed by atoms with Crippen LogP contribution in [0.25, 0.3) is 0 Å². The van der Waals surface area contributed by atoms with E-state index in [0.717, 1.165) is 38.8 Å². The number of aryl methyl sites for hydroxylation is 2.